The first-order valence-corrected chi connectivity index (χ1v) is 5.62. The zero-order valence-electron chi connectivity index (χ0n) is 10.3. The molecule has 2 aromatic rings. The lowest BCUT2D eigenvalue weighted by Gasteiger charge is -2.10. The monoisotopic (exact) mass is 229 g/mol. The van der Waals surface area contributed by atoms with Gasteiger partial charge in [-0.2, -0.15) is 0 Å². The van der Waals surface area contributed by atoms with Gasteiger partial charge in [-0.25, -0.2) is 4.39 Å². The van der Waals surface area contributed by atoms with Crippen LogP contribution in [-0.4, -0.2) is 0 Å². The highest BCUT2D eigenvalue weighted by molar-refractivity contribution is 5.72. The normalized spacial score (nSPS) is 10.6. The average molecular weight is 229 g/mol. The zero-order valence-corrected chi connectivity index (χ0v) is 10.3. The van der Waals surface area contributed by atoms with Gasteiger partial charge in [0, 0.05) is 11.3 Å². The number of halogens is 1. The largest absolute Gasteiger partial charge is 0.398 e. The van der Waals surface area contributed by atoms with Gasteiger partial charge in [-0.3, -0.25) is 0 Å². The van der Waals surface area contributed by atoms with E-state index in [1.54, 1.807) is 6.07 Å². The fraction of sp³-hybridized carbons (Fsp3) is 0.200. The Balaban J connectivity index is 2.64. The molecule has 2 aromatic carbocycles. The Bertz CT molecular complexity index is 550. The van der Waals surface area contributed by atoms with Gasteiger partial charge in [0.05, 0.1) is 0 Å². The summed E-state index contributed by atoms with van der Waals surface area (Å²) in [6.07, 6.45) is 0. The molecule has 2 N–H and O–H groups in total. The Kier molecular flexibility index (Phi) is 2.88. The van der Waals surface area contributed by atoms with E-state index in [0.717, 1.165) is 22.3 Å². The molecule has 0 unspecified atom stereocenters. The van der Waals surface area contributed by atoms with Crippen LogP contribution in [0.15, 0.2) is 30.3 Å². The molecule has 0 atom stereocenters. The minimum Gasteiger partial charge on any atom is -0.398 e. The third-order valence-electron chi connectivity index (χ3n) is 3.00. The second-order valence-electron chi connectivity index (χ2n) is 4.51. The lowest BCUT2D eigenvalue weighted by Crippen LogP contribution is -1.94. The molecule has 0 aliphatic carbocycles. The van der Waals surface area contributed by atoms with Crippen molar-refractivity contribution in [1.82, 2.24) is 0 Å². The molecule has 2 rings (SSSR count). The predicted molar refractivity (Wildman–Crippen MR) is 70.5 cm³/mol. The van der Waals surface area contributed by atoms with E-state index >= 15 is 0 Å². The second kappa shape index (κ2) is 4.21. The van der Waals surface area contributed by atoms with E-state index < -0.39 is 0 Å². The van der Waals surface area contributed by atoms with Crippen LogP contribution in [0, 0.1) is 26.6 Å². The van der Waals surface area contributed by atoms with Crippen LogP contribution in [0.4, 0.5) is 10.1 Å². The van der Waals surface area contributed by atoms with Crippen molar-refractivity contribution in [3.63, 3.8) is 0 Å². The third kappa shape index (κ3) is 2.16. The van der Waals surface area contributed by atoms with Crippen molar-refractivity contribution >= 4 is 5.69 Å². The van der Waals surface area contributed by atoms with E-state index in [1.807, 2.05) is 45.0 Å². The van der Waals surface area contributed by atoms with Crippen LogP contribution in [0.2, 0.25) is 0 Å². The summed E-state index contributed by atoms with van der Waals surface area (Å²) in [7, 11) is 0. The molecular formula is C15H16FN. The van der Waals surface area contributed by atoms with Crippen molar-refractivity contribution in [1.29, 1.82) is 0 Å². The minimum atomic E-state index is -0.189. The van der Waals surface area contributed by atoms with Crippen LogP contribution in [0.25, 0.3) is 11.1 Å². The van der Waals surface area contributed by atoms with Gasteiger partial charge >= 0.3 is 0 Å². The van der Waals surface area contributed by atoms with E-state index in [-0.39, 0.29) is 5.82 Å². The van der Waals surface area contributed by atoms with E-state index in [4.69, 9.17) is 5.73 Å². The Morgan fingerprint density at radius 2 is 1.65 bits per heavy atom. The highest BCUT2D eigenvalue weighted by Crippen LogP contribution is 2.29. The number of nitrogens with two attached hydrogens (primary N) is 1. The first-order valence-electron chi connectivity index (χ1n) is 5.62. The summed E-state index contributed by atoms with van der Waals surface area (Å²) < 4.78 is 14.0. The molecule has 88 valence electrons. The van der Waals surface area contributed by atoms with Gasteiger partial charge in [-0.05, 0) is 55.2 Å². The summed E-state index contributed by atoms with van der Waals surface area (Å²) in [5, 5.41) is 0. The minimum absolute atomic E-state index is 0.189. The van der Waals surface area contributed by atoms with Crippen molar-refractivity contribution in [3.05, 3.63) is 52.8 Å². The van der Waals surface area contributed by atoms with Crippen molar-refractivity contribution in [2.24, 2.45) is 0 Å². The first kappa shape index (κ1) is 11.6. The highest BCUT2D eigenvalue weighted by Gasteiger charge is 2.10. The highest BCUT2D eigenvalue weighted by atomic mass is 19.1. The Hall–Kier alpha value is -1.83. The number of hydrogen-bond acceptors (Lipinski definition) is 1. The number of hydrogen-bond donors (Lipinski definition) is 1. The van der Waals surface area contributed by atoms with Gasteiger partial charge in [-0.1, -0.05) is 18.2 Å². The Morgan fingerprint density at radius 1 is 0.941 bits per heavy atom. The number of anilines is 1. The number of aryl methyl sites for hydroxylation is 3. The second-order valence-corrected chi connectivity index (χ2v) is 4.51. The first-order chi connectivity index (χ1) is 7.99. The summed E-state index contributed by atoms with van der Waals surface area (Å²) >= 11 is 0. The lowest BCUT2D eigenvalue weighted by molar-refractivity contribution is 0.629. The van der Waals surface area contributed by atoms with E-state index in [2.05, 4.69) is 0 Å². The molecule has 0 saturated carbocycles. The number of rotatable bonds is 1. The SMILES string of the molecule is Cc1cc(C)c(-c2ccc(C)c(N)c2)c(F)c1. The summed E-state index contributed by atoms with van der Waals surface area (Å²) in [6.45, 7) is 5.75. The Labute approximate surface area is 101 Å². The predicted octanol–water partition coefficient (Wildman–Crippen LogP) is 4.00. The maximum absolute atomic E-state index is 14.0. The van der Waals surface area contributed by atoms with E-state index in [1.165, 1.54) is 0 Å². The van der Waals surface area contributed by atoms with Crippen LogP contribution >= 0.6 is 0 Å². The van der Waals surface area contributed by atoms with Crippen LogP contribution in [0.3, 0.4) is 0 Å². The standard InChI is InChI=1S/C15H16FN/c1-9-6-11(3)15(13(16)7-9)12-5-4-10(2)14(17)8-12/h4-8H,17H2,1-3H3. The van der Waals surface area contributed by atoms with Crippen LogP contribution < -0.4 is 5.73 Å². The van der Waals surface area contributed by atoms with Gasteiger partial charge in [-0.15, -0.1) is 0 Å². The molecule has 17 heavy (non-hydrogen) atoms. The molecule has 0 bridgehead atoms. The summed E-state index contributed by atoms with van der Waals surface area (Å²) in [5.41, 5.74) is 10.9. The van der Waals surface area contributed by atoms with Crippen LogP contribution in [-0.2, 0) is 0 Å². The number of benzene rings is 2. The quantitative estimate of drug-likeness (QED) is 0.735. The molecule has 0 fully saturated rings. The van der Waals surface area contributed by atoms with Gasteiger partial charge < -0.3 is 5.73 Å². The molecule has 0 amide bonds. The molecule has 0 aliphatic heterocycles. The molecule has 0 aliphatic rings. The third-order valence-corrected chi connectivity index (χ3v) is 3.00. The fourth-order valence-electron chi connectivity index (χ4n) is 2.08. The summed E-state index contributed by atoms with van der Waals surface area (Å²) in [4.78, 5) is 0. The maximum atomic E-state index is 14.0. The molecule has 0 aromatic heterocycles. The maximum Gasteiger partial charge on any atom is 0.131 e. The molecule has 0 radical (unpaired) electrons. The average Bonchev–Trinajstić information content (AvgIpc) is 2.21. The topological polar surface area (TPSA) is 26.0 Å². The lowest BCUT2D eigenvalue weighted by atomic mass is 9.96. The van der Waals surface area contributed by atoms with E-state index in [9.17, 15) is 4.39 Å². The van der Waals surface area contributed by atoms with Crippen molar-refractivity contribution in [2.45, 2.75) is 20.8 Å². The molecule has 0 saturated heterocycles. The Morgan fingerprint density at radius 3 is 2.24 bits per heavy atom. The van der Waals surface area contributed by atoms with Gasteiger partial charge in [0.15, 0.2) is 0 Å². The molecule has 0 spiro atoms. The van der Waals surface area contributed by atoms with Crippen molar-refractivity contribution in [3.8, 4) is 11.1 Å². The van der Waals surface area contributed by atoms with Crippen LogP contribution in [0.1, 0.15) is 16.7 Å². The fourth-order valence-corrected chi connectivity index (χ4v) is 2.08. The molecular weight excluding hydrogens is 213 g/mol. The van der Waals surface area contributed by atoms with E-state index in [0.29, 0.717) is 11.3 Å². The zero-order chi connectivity index (χ0) is 12.6. The summed E-state index contributed by atoms with van der Waals surface area (Å²) in [6, 6.07) is 9.19. The van der Waals surface area contributed by atoms with Crippen molar-refractivity contribution < 1.29 is 4.39 Å². The molecule has 0 heterocycles. The van der Waals surface area contributed by atoms with Gasteiger partial charge in [0.25, 0.3) is 0 Å². The van der Waals surface area contributed by atoms with Gasteiger partial charge in [0.1, 0.15) is 5.82 Å². The molecule has 1 nitrogen and oxygen atoms in total. The number of nitrogen functional groups attached to an aromatic ring is 1. The van der Waals surface area contributed by atoms with Gasteiger partial charge in [0.2, 0.25) is 0 Å². The van der Waals surface area contributed by atoms with Crippen molar-refractivity contribution in [2.75, 3.05) is 5.73 Å². The summed E-state index contributed by atoms with van der Waals surface area (Å²) in [5.74, 6) is -0.189. The van der Waals surface area contributed by atoms with Crippen LogP contribution in [0.5, 0.6) is 0 Å². The smallest absolute Gasteiger partial charge is 0.131 e. The molecule has 2 heteroatoms.